The van der Waals surface area contributed by atoms with Gasteiger partial charge in [-0.05, 0) is 44.5 Å². The Kier molecular flexibility index (Phi) is 4.20. The summed E-state index contributed by atoms with van der Waals surface area (Å²) in [5, 5.41) is 10.5. The van der Waals surface area contributed by atoms with Crippen LogP contribution in [0.15, 0.2) is 29.1 Å². The molecule has 6 heteroatoms. The van der Waals surface area contributed by atoms with Gasteiger partial charge >= 0.3 is 0 Å². The minimum Gasteiger partial charge on any atom is -0.337 e. The van der Waals surface area contributed by atoms with Crippen LogP contribution < -0.4 is 10.7 Å². The summed E-state index contributed by atoms with van der Waals surface area (Å²) < 4.78 is 0. The molecule has 1 aliphatic rings. The van der Waals surface area contributed by atoms with E-state index in [1.807, 2.05) is 13.1 Å². The van der Waals surface area contributed by atoms with Crippen molar-refractivity contribution in [2.24, 2.45) is 5.92 Å². The molecule has 1 fully saturated rings. The molecule has 1 amide bonds. The highest BCUT2D eigenvalue weighted by molar-refractivity contribution is 5.95. The van der Waals surface area contributed by atoms with Gasteiger partial charge in [-0.3, -0.25) is 14.7 Å². The number of carbonyl (C=O) groups is 1. The molecule has 1 aliphatic heterocycles. The molecule has 0 unspecified atom stereocenters. The molecule has 116 valence electrons. The van der Waals surface area contributed by atoms with Gasteiger partial charge in [0.15, 0.2) is 5.69 Å². The van der Waals surface area contributed by atoms with Crippen LogP contribution in [-0.4, -0.2) is 47.7 Å². The lowest BCUT2D eigenvalue weighted by atomic mass is 9.97. The van der Waals surface area contributed by atoms with E-state index in [4.69, 9.17) is 0 Å². The second kappa shape index (κ2) is 6.27. The first-order valence-electron chi connectivity index (χ1n) is 7.62. The van der Waals surface area contributed by atoms with Crippen LogP contribution in [0.2, 0.25) is 0 Å². The first kappa shape index (κ1) is 14.7. The van der Waals surface area contributed by atoms with Crippen molar-refractivity contribution in [1.82, 2.24) is 20.4 Å². The third-order valence-corrected chi connectivity index (χ3v) is 4.18. The molecule has 1 aromatic heterocycles. The SMILES string of the molecule is CNC[C@H]1CCCN(C(=O)c2n[nH]c3ccccc3c2=O)C1. The topological polar surface area (TPSA) is 78.1 Å². The molecule has 22 heavy (non-hydrogen) atoms. The molecule has 0 radical (unpaired) electrons. The maximum absolute atomic E-state index is 12.6. The summed E-state index contributed by atoms with van der Waals surface area (Å²) in [5.74, 6) is 0.162. The lowest BCUT2D eigenvalue weighted by molar-refractivity contribution is 0.0666. The molecule has 0 bridgehead atoms. The number of benzene rings is 1. The molecule has 1 saturated heterocycles. The number of nitrogens with zero attached hydrogens (tertiary/aromatic N) is 2. The Balaban J connectivity index is 1.89. The maximum atomic E-state index is 12.6. The number of likely N-dealkylation sites (tertiary alicyclic amines) is 1. The van der Waals surface area contributed by atoms with Gasteiger partial charge in [-0.25, -0.2) is 0 Å². The van der Waals surface area contributed by atoms with Gasteiger partial charge < -0.3 is 10.2 Å². The fraction of sp³-hybridized carbons (Fsp3) is 0.438. The molecule has 2 N–H and O–H groups in total. The van der Waals surface area contributed by atoms with Gasteiger partial charge in [-0.2, -0.15) is 5.10 Å². The molecule has 2 heterocycles. The van der Waals surface area contributed by atoms with Crippen molar-refractivity contribution in [3.8, 4) is 0 Å². The summed E-state index contributed by atoms with van der Waals surface area (Å²) >= 11 is 0. The largest absolute Gasteiger partial charge is 0.337 e. The molecule has 0 aliphatic carbocycles. The first-order chi connectivity index (χ1) is 10.7. The highest BCUT2D eigenvalue weighted by Crippen LogP contribution is 2.17. The lowest BCUT2D eigenvalue weighted by Gasteiger charge is -2.32. The molecular formula is C16H20N4O2. The Hall–Kier alpha value is -2.21. The number of rotatable bonds is 3. The van der Waals surface area contributed by atoms with Crippen LogP contribution in [0.25, 0.3) is 10.9 Å². The number of hydrogen-bond acceptors (Lipinski definition) is 4. The summed E-state index contributed by atoms with van der Waals surface area (Å²) in [6.07, 6.45) is 2.07. The normalized spacial score (nSPS) is 18.6. The molecule has 0 spiro atoms. The van der Waals surface area contributed by atoms with Gasteiger partial charge in [0.2, 0.25) is 5.43 Å². The van der Waals surface area contributed by atoms with Gasteiger partial charge in [0.05, 0.1) is 5.52 Å². The lowest BCUT2D eigenvalue weighted by Crippen LogP contribution is -2.44. The quantitative estimate of drug-likeness (QED) is 0.886. The number of para-hydroxylation sites is 1. The van der Waals surface area contributed by atoms with E-state index in [-0.39, 0.29) is 17.0 Å². The van der Waals surface area contributed by atoms with Crippen molar-refractivity contribution in [1.29, 1.82) is 0 Å². The molecule has 1 aromatic carbocycles. The average molecular weight is 300 g/mol. The van der Waals surface area contributed by atoms with Gasteiger partial charge in [0, 0.05) is 18.5 Å². The molecule has 1 atom stereocenters. The van der Waals surface area contributed by atoms with Crippen molar-refractivity contribution >= 4 is 16.8 Å². The van der Waals surface area contributed by atoms with Crippen molar-refractivity contribution in [2.45, 2.75) is 12.8 Å². The number of hydrogen-bond donors (Lipinski definition) is 2. The summed E-state index contributed by atoms with van der Waals surface area (Å²) in [7, 11) is 1.91. The third kappa shape index (κ3) is 2.74. The van der Waals surface area contributed by atoms with Crippen LogP contribution >= 0.6 is 0 Å². The van der Waals surface area contributed by atoms with E-state index in [0.717, 1.165) is 19.4 Å². The van der Waals surface area contributed by atoms with Crippen LogP contribution in [0.5, 0.6) is 0 Å². The maximum Gasteiger partial charge on any atom is 0.278 e. The van der Waals surface area contributed by atoms with E-state index in [0.29, 0.717) is 29.9 Å². The Morgan fingerprint density at radius 1 is 1.45 bits per heavy atom. The van der Waals surface area contributed by atoms with E-state index in [2.05, 4.69) is 15.5 Å². The second-order valence-corrected chi connectivity index (χ2v) is 5.76. The number of carbonyl (C=O) groups excluding carboxylic acids is 1. The van der Waals surface area contributed by atoms with E-state index in [1.165, 1.54) is 0 Å². The monoisotopic (exact) mass is 300 g/mol. The smallest absolute Gasteiger partial charge is 0.278 e. The van der Waals surface area contributed by atoms with Crippen LogP contribution in [0.3, 0.4) is 0 Å². The second-order valence-electron chi connectivity index (χ2n) is 5.76. The van der Waals surface area contributed by atoms with Crippen LogP contribution in [0.1, 0.15) is 23.3 Å². The summed E-state index contributed by atoms with van der Waals surface area (Å²) in [6.45, 7) is 2.24. The standard InChI is InChI=1S/C16H20N4O2/c1-17-9-11-5-4-8-20(10-11)16(22)14-15(21)12-6-2-3-7-13(12)18-19-14/h2-3,6-7,11,17H,4-5,8-10H2,1H3,(H,18,21)/t11-/m1/s1. The number of amides is 1. The van der Waals surface area contributed by atoms with Gasteiger partial charge in [0.1, 0.15) is 0 Å². The summed E-state index contributed by atoms with van der Waals surface area (Å²) in [6, 6.07) is 7.11. The highest BCUT2D eigenvalue weighted by Gasteiger charge is 2.27. The number of H-pyrrole nitrogens is 1. The van der Waals surface area contributed by atoms with E-state index >= 15 is 0 Å². The average Bonchev–Trinajstić information content (AvgIpc) is 2.55. The van der Waals surface area contributed by atoms with E-state index < -0.39 is 0 Å². The number of aromatic nitrogens is 2. The van der Waals surface area contributed by atoms with Crippen molar-refractivity contribution in [2.75, 3.05) is 26.7 Å². The molecule has 3 rings (SSSR count). The Morgan fingerprint density at radius 2 is 2.27 bits per heavy atom. The fourth-order valence-electron chi connectivity index (χ4n) is 3.07. The predicted molar refractivity (Wildman–Crippen MR) is 84.9 cm³/mol. The zero-order valence-electron chi connectivity index (χ0n) is 12.6. The van der Waals surface area contributed by atoms with E-state index in [1.54, 1.807) is 23.1 Å². The minimum absolute atomic E-state index is 0.0104. The molecule has 6 nitrogen and oxygen atoms in total. The van der Waals surface area contributed by atoms with Crippen LogP contribution in [0.4, 0.5) is 0 Å². The van der Waals surface area contributed by atoms with Crippen LogP contribution in [0, 0.1) is 5.92 Å². The zero-order chi connectivity index (χ0) is 15.5. The Labute approximate surface area is 128 Å². The number of nitrogens with one attached hydrogen (secondary N) is 2. The Bertz CT molecular complexity index is 738. The van der Waals surface area contributed by atoms with Crippen molar-refractivity contribution in [3.05, 3.63) is 40.2 Å². The van der Waals surface area contributed by atoms with E-state index in [9.17, 15) is 9.59 Å². The zero-order valence-corrected chi connectivity index (χ0v) is 12.6. The molecular weight excluding hydrogens is 280 g/mol. The third-order valence-electron chi connectivity index (χ3n) is 4.18. The van der Waals surface area contributed by atoms with Crippen LogP contribution in [-0.2, 0) is 0 Å². The molecule has 2 aromatic rings. The number of fused-ring (bicyclic) bond motifs is 1. The molecule has 0 saturated carbocycles. The van der Waals surface area contributed by atoms with Gasteiger partial charge in [-0.15, -0.1) is 0 Å². The minimum atomic E-state index is -0.296. The first-order valence-corrected chi connectivity index (χ1v) is 7.62. The number of piperidine rings is 1. The Morgan fingerprint density at radius 3 is 3.09 bits per heavy atom. The van der Waals surface area contributed by atoms with Gasteiger partial charge in [-0.1, -0.05) is 12.1 Å². The summed E-state index contributed by atoms with van der Waals surface area (Å²) in [4.78, 5) is 26.9. The predicted octanol–water partition coefficient (Wildman–Crippen LogP) is 0.995. The van der Waals surface area contributed by atoms with Crippen molar-refractivity contribution < 1.29 is 4.79 Å². The fourth-order valence-corrected chi connectivity index (χ4v) is 3.07. The summed E-state index contributed by atoms with van der Waals surface area (Å²) in [5.41, 5.74) is 0.342. The van der Waals surface area contributed by atoms with Crippen molar-refractivity contribution in [3.63, 3.8) is 0 Å². The highest BCUT2D eigenvalue weighted by atomic mass is 16.2. The van der Waals surface area contributed by atoms with Gasteiger partial charge in [0.25, 0.3) is 5.91 Å². The number of aromatic amines is 1.